The van der Waals surface area contributed by atoms with E-state index in [1.165, 1.54) is 18.2 Å². The first-order valence-electron chi connectivity index (χ1n) is 6.81. The molecule has 1 aromatic rings. The fourth-order valence-electron chi connectivity index (χ4n) is 2.17. The SMILES string of the molecule is CC(O)CC(C)(C)CNC(=O)c1cc(Cl)ccc1OC(F)F. The van der Waals surface area contributed by atoms with E-state index in [4.69, 9.17) is 11.6 Å². The Hall–Kier alpha value is -1.40. The van der Waals surface area contributed by atoms with Crippen LogP contribution in [0, 0.1) is 5.41 Å². The van der Waals surface area contributed by atoms with Crippen LogP contribution in [0.5, 0.6) is 5.75 Å². The minimum atomic E-state index is -3.03. The van der Waals surface area contributed by atoms with Gasteiger partial charge in [-0.2, -0.15) is 8.78 Å². The van der Waals surface area contributed by atoms with Crippen molar-refractivity contribution in [1.29, 1.82) is 0 Å². The number of hydrogen-bond donors (Lipinski definition) is 2. The third-order valence-electron chi connectivity index (χ3n) is 2.98. The predicted molar refractivity (Wildman–Crippen MR) is 80.5 cm³/mol. The van der Waals surface area contributed by atoms with Gasteiger partial charge in [0.15, 0.2) is 0 Å². The molecule has 22 heavy (non-hydrogen) atoms. The summed E-state index contributed by atoms with van der Waals surface area (Å²) in [4.78, 5) is 12.2. The number of aliphatic hydroxyl groups excluding tert-OH is 1. The summed E-state index contributed by atoms with van der Waals surface area (Å²) in [5, 5.41) is 12.3. The Morgan fingerprint density at radius 1 is 1.45 bits per heavy atom. The second-order valence-electron chi connectivity index (χ2n) is 5.92. The lowest BCUT2D eigenvalue weighted by molar-refractivity contribution is -0.0501. The summed E-state index contributed by atoms with van der Waals surface area (Å²) in [6.07, 6.45) is -0.0146. The summed E-state index contributed by atoms with van der Waals surface area (Å²) in [5.41, 5.74) is -0.396. The summed E-state index contributed by atoms with van der Waals surface area (Å²) in [7, 11) is 0. The molecule has 0 spiro atoms. The van der Waals surface area contributed by atoms with Crippen LogP contribution in [0.15, 0.2) is 18.2 Å². The lowest BCUT2D eigenvalue weighted by Gasteiger charge is -2.26. The summed E-state index contributed by atoms with van der Waals surface area (Å²) < 4.78 is 29.1. The number of amides is 1. The normalized spacial score (nSPS) is 13.1. The minimum Gasteiger partial charge on any atom is -0.434 e. The molecule has 0 heterocycles. The molecule has 1 amide bonds. The van der Waals surface area contributed by atoms with Crippen molar-refractivity contribution in [3.63, 3.8) is 0 Å². The van der Waals surface area contributed by atoms with Crippen LogP contribution in [-0.4, -0.2) is 30.3 Å². The maximum absolute atomic E-state index is 12.4. The number of nitrogens with one attached hydrogen (secondary N) is 1. The zero-order chi connectivity index (χ0) is 16.9. The van der Waals surface area contributed by atoms with E-state index in [2.05, 4.69) is 10.1 Å². The van der Waals surface area contributed by atoms with Gasteiger partial charge in [0.05, 0.1) is 11.7 Å². The molecule has 124 valence electrons. The highest BCUT2D eigenvalue weighted by Gasteiger charge is 2.23. The highest BCUT2D eigenvalue weighted by atomic mass is 35.5. The Morgan fingerprint density at radius 2 is 2.09 bits per heavy atom. The number of rotatable bonds is 7. The van der Waals surface area contributed by atoms with Crippen molar-refractivity contribution in [3.8, 4) is 5.75 Å². The van der Waals surface area contributed by atoms with Crippen LogP contribution in [0.3, 0.4) is 0 Å². The van der Waals surface area contributed by atoms with E-state index in [9.17, 15) is 18.7 Å². The minimum absolute atomic E-state index is 0.0550. The van der Waals surface area contributed by atoms with E-state index >= 15 is 0 Å². The van der Waals surface area contributed by atoms with Crippen molar-refractivity contribution in [2.45, 2.75) is 39.9 Å². The first-order valence-corrected chi connectivity index (χ1v) is 7.19. The van der Waals surface area contributed by atoms with E-state index < -0.39 is 18.6 Å². The lowest BCUT2D eigenvalue weighted by Crippen LogP contribution is -2.36. The average Bonchev–Trinajstić information content (AvgIpc) is 2.36. The Labute approximate surface area is 133 Å². The summed E-state index contributed by atoms with van der Waals surface area (Å²) in [6.45, 7) is 2.68. The molecule has 0 saturated heterocycles. The molecule has 1 unspecified atom stereocenters. The van der Waals surface area contributed by atoms with Gasteiger partial charge in [0.1, 0.15) is 5.75 Å². The Bertz CT molecular complexity index is 522. The summed E-state index contributed by atoms with van der Waals surface area (Å²) >= 11 is 5.80. The van der Waals surface area contributed by atoms with Crippen LogP contribution in [-0.2, 0) is 0 Å². The lowest BCUT2D eigenvalue weighted by atomic mass is 9.87. The van der Waals surface area contributed by atoms with Gasteiger partial charge in [0.2, 0.25) is 0 Å². The van der Waals surface area contributed by atoms with Gasteiger partial charge in [0, 0.05) is 11.6 Å². The number of carbonyl (C=O) groups excluding carboxylic acids is 1. The second kappa shape index (κ2) is 7.74. The smallest absolute Gasteiger partial charge is 0.387 e. The van der Waals surface area contributed by atoms with Gasteiger partial charge < -0.3 is 15.2 Å². The van der Waals surface area contributed by atoms with Crippen molar-refractivity contribution >= 4 is 17.5 Å². The van der Waals surface area contributed by atoms with Gasteiger partial charge in [0.25, 0.3) is 5.91 Å². The molecule has 1 atom stereocenters. The maximum Gasteiger partial charge on any atom is 0.387 e. The number of alkyl halides is 2. The van der Waals surface area contributed by atoms with Gasteiger partial charge >= 0.3 is 6.61 Å². The number of carbonyl (C=O) groups is 1. The first kappa shape index (κ1) is 18.6. The van der Waals surface area contributed by atoms with Crippen LogP contribution < -0.4 is 10.1 Å². The molecule has 7 heteroatoms. The molecule has 0 fully saturated rings. The molecule has 4 nitrogen and oxygen atoms in total. The van der Waals surface area contributed by atoms with E-state index in [0.717, 1.165) is 0 Å². The number of hydrogen-bond acceptors (Lipinski definition) is 3. The van der Waals surface area contributed by atoms with Gasteiger partial charge in [-0.25, -0.2) is 0 Å². The van der Waals surface area contributed by atoms with E-state index in [1.54, 1.807) is 6.92 Å². The van der Waals surface area contributed by atoms with Crippen LogP contribution in [0.4, 0.5) is 8.78 Å². The Morgan fingerprint density at radius 3 is 2.64 bits per heavy atom. The molecule has 0 saturated carbocycles. The molecule has 1 rings (SSSR count). The van der Waals surface area contributed by atoms with Gasteiger partial charge in [-0.05, 0) is 37.0 Å². The number of ether oxygens (including phenoxy) is 1. The molecule has 0 aliphatic carbocycles. The molecule has 2 N–H and O–H groups in total. The molecule has 1 aromatic carbocycles. The van der Waals surface area contributed by atoms with Gasteiger partial charge in [-0.1, -0.05) is 25.4 Å². The monoisotopic (exact) mass is 335 g/mol. The van der Waals surface area contributed by atoms with Crippen molar-refractivity contribution in [1.82, 2.24) is 5.32 Å². The zero-order valence-electron chi connectivity index (χ0n) is 12.7. The summed E-state index contributed by atoms with van der Waals surface area (Å²) in [5.74, 6) is -0.790. The van der Waals surface area contributed by atoms with E-state index in [1.807, 2.05) is 13.8 Å². The third kappa shape index (κ3) is 6.15. The Kier molecular flexibility index (Phi) is 6.56. The molecule has 0 radical (unpaired) electrons. The van der Waals surface area contributed by atoms with Crippen LogP contribution in [0.1, 0.15) is 37.6 Å². The number of aliphatic hydroxyl groups is 1. The molecule has 0 aliphatic heterocycles. The predicted octanol–water partition coefficient (Wildman–Crippen LogP) is 3.47. The van der Waals surface area contributed by atoms with Gasteiger partial charge in [-0.15, -0.1) is 0 Å². The second-order valence-corrected chi connectivity index (χ2v) is 6.36. The third-order valence-corrected chi connectivity index (χ3v) is 3.21. The molecule has 0 bridgehead atoms. The quantitative estimate of drug-likeness (QED) is 0.802. The van der Waals surface area contributed by atoms with Crippen molar-refractivity contribution in [3.05, 3.63) is 28.8 Å². The number of halogens is 3. The van der Waals surface area contributed by atoms with Crippen molar-refractivity contribution < 1.29 is 23.4 Å². The van der Waals surface area contributed by atoms with Crippen LogP contribution in [0.25, 0.3) is 0 Å². The van der Waals surface area contributed by atoms with Crippen molar-refractivity contribution in [2.24, 2.45) is 5.41 Å². The molecular weight excluding hydrogens is 316 g/mol. The highest BCUT2D eigenvalue weighted by Crippen LogP contribution is 2.26. The highest BCUT2D eigenvalue weighted by molar-refractivity contribution is 6.31. The Balaban J connectivity index is 2.82. The standard InChI is InChI=1S/C15H20ClF2NO3/c1-9(20)7-15(2,3)8-19-13(21)11-6-10(16)4-5-12(11)22-14(17)18/h4-6,9,14,20H,7-8H2,1-3H3,(H,19,21). The van der Waals surface area contributed by atoms with Crippen LogP contribution >= 0.6 is 11.6 Å². The number of benzene rings is 1. The van der Waals surface area contributed by atoms with E-state index in [-0.39, 0.29) is 28.3 Å². The topological polar surface area (TPSA) is 58.6 Å². The molecule has 0 aromatic heterocycles. The maximum atomic E-state index is 12.4. The fourth-order valence-corrected chi connectivity index (χ4v) is 2.34. The summed E-state index contributed by atoms with van der Waals surface area (Å²) in [6, 6.07) is 3.87. The molecule has 0 aliphatic rings. The zero-order valence-corrected chi connectivity index (χ0v) is 13.5. The largest absolute Gasteiger partial charge is 0.434 e. The van der Waals surface area contributed by atoms with E-state index in [0.29, 0.717) is 6.42 Å². The molecular formula is C15H20ClF2NO3. The van der Waals surface area contributed by atoms with Gasteiger partial charge in [-0.3, -0.25) is 4.79 Å². The average molecular weight is 336 g/mol. The van der Waals surface area contributed by atoms with Crippen LogP contribution in [0.2, 0.25) is 5.02 Å². The fraction of sp³-hybridized carbons (Fsp3) is 0.533. The first-order chi connectivity index (χ1) is 10.1. The van der Waals surface area contributed by atoms with Crippen molar-refractivity contribution in [2.75, 3.05) is 6.54 Å².